The predicted molar refractivity (Wildman–Crippen MR) is 142 cm³/mol. The maximum Gasteiger partial charge on any atom is 0.221 e. The molecule has 0 N–H and O–H groups in total. The van der Waals surface area contributed by atoms with Crippen LogP contribution in [0.5, 0.6) is 0 Å². The molecule has 4 heteroatoms. The summed E-state index contributed by atoms with van der Waals surface area (Å²) in [6, 6.07) is 0. The zero-order valence-corrected chi connectivity index (χ0v) is 23.4. The van der Waals surface area contributed by atoms with Crippen molar-refractivity contribution in [2.75, 3.05) is 0 Å². The molecule has 0 aromatic heterocycles. The van der Waals surface area contributed by atoms with Crippen molar-refractivity contribution in [1.82, 2.24) is 0 Å². The van der Waals surface area contributed by atoms with E-state index in [1.54, 1.807) is 0 Å². The summed E-state index contributed by atoms with van der Waals surface area (Å²) >= 11 is 14.3. The summed E-state index contributed by atoms with van der Waals surface area (Å²) in [5, 5.41) is 0.771. The number of thioether (sulfide) groups is 1. The molecule has 1 heterocycles. The maximum atomic E-state index is 6.78. The molecule has 10 atom stereocenters. The van der Waals surface area contributed by atoms with Crippen LogP contribution >= 0.6 is 35.6 Å². The normalized spacial score (nSPS) is 50.9. The van der Waals surface area contributed by atoms with Gasteiger partial charge in [-0.15, -0.1) is 11.6 Å². The van der Waals surface area contributed by atoms with Crippen molar-refractivity contribution in [3.05, 3.63) is 0 Å². The first kappa shape index (κ1) is 24.2. The van der Waals surface area contributed by atoms with E-state index >= 15 is 0 Å². The third kappa shape index (κ3) is 3.56. The summed E-state index contributed by atoms with van der Waals surface area (Å²) in [5.74, 6) is 5.19. The van der Waals surface area contributed by atoms with E-state index in [1.165, 1.54) is 57.8 Å². The molecule has 4 aliphatic carbocycles. The van der Waals surface area contributed by atoms with Crippen molar-refractivity contribution in [3.63, 3.8) is 0 Å². The Kier molecular flexibility index (Phi) is 6.50. The topological polar surface area (TPSA) is 9.23 Å². The van der Waals surface area contributed by atoms with Gasteiger partial charge in [-0.1, -0.05) is 65.6 Å². The number of hydrogen-bond donors (Lipinski definition) is 0. The Morgan fingerprint density at radius 3 is 2.59 bits per heavy atom. The predicted octanol–water partition coefficient (Wildman–Crippen LogP) is 8.86. The Morgan fingerprint density at radius 1 is 1.06 bits per heavy atom. The molecule has 0 bridgehead atoms. The van der Waals surface area contributed by atoms with E-state index in [0.717, 1.165) is 52.7 Å². The number of halogens is 1. The highest BCUT2D eigenvalue weighted by molar-refractivity contribution is 8.23. The monoisotopic (exact) mass is 496 g/mol. The van der Waals surface area contributed by atoms with Gasteiger partial charge in [-0.2, -0.15) is 0 Å². The second-order valence-corrected chi connectivity index (χ2v) is 15.7. The molecule has 5 aliphatic rings. The van der Waals surface area contributed by atoms with Gasteiger partial charge >= 0.3 is 0 Å². The van der Waals surface area contributed by atoms with Crippen molar-refractivity contribution in [1.29, 1.82) is 0 Å². The van der Waals surface area contributed by atoms with E-state index in [-0.39, 0.29) is 16.4 Å². The Balaban J connectivity index is 1.39. The third-order valence-corrected chi connectivity index (χ3v) is 13.3. The van der Waals surface area contributed by atoms with Crippen molar-refractivity contribution in [3.8, 4) is 0 Å². The van der Waals surface area contributed by atoms with Gasteiger partial charge in [0.25, 0.3) is 0 Å². The summed E-state index contributed by atoms with van der Waals surface area (Å²) < 4.78 is 7.45. The highest BCUT2D eigenvalue weighted by atomic mass is 35.5. The van der Waals surface area contributed by atoms with Gasteiger partial charge in [0.05, 0.1) is 5.25 Å². The number of alkyl halides is 1. The summed E-state index contributed by atoms with van der Waals surface area (Å²) in [7, 11) is 0. The fourth-order valence-corrected chi connectivity index (χ4v) is 12.0. The lowest BCUT2D eigenvalue weighted by molar-refractivity contribution is -0.186. The van der Waals surface area contributed by atoms with Crippen molar-refractivity contribution >= 4 is 40.0 Å². The van der Waals surface area contributed by atoms with Gasteiger partial charge in [-0.3, -0.25) is 0 Å². The Hall–Kier alpha value is 0.530. The van der Waals surface area contributed by atoms with Crippen molar-refractivity contribution in [2.24, 2.45) is 46.3 Å². The zero-order valence-electron chi connectivity index (χ0n) is 21.0. The van der Waals surface area contributed by atoms with Gasteiger partial charge in [0.2, 0.25) is 4.38 Å². The number of fused-ring (bicyclic) bond motifs is 4. The largest absolute Gasteiger partial charge is 0.470 e. The van der Waals surface area contributed by atoms with E-state index in [9.17, 15) is 0 Å². The van der Waals surface area contributed by atoms with Gasteiger partial charge in [-0.05, 0) is 98.1 Å². The molecule has 0 radical (unpaired) electrons. The first-order valence-electron chi connectivity index (χ1n) is 13.6. The lowest BCUT2D eigenvalue weighted by Gasteiger charge is -2.65. The third-order valence-electron chi connectivity index (χ3n) is 11.4. The van der Waals surface area contributed by atoms with Crippen LogP contribution in [0.15, 0.2) is 0 Å². The molecular weight excluding hydrogens is 452 g/mol. The van der Waals surface area contributed by atoms with E-state index in [2.05, 4.69) is 34.6 Å². The molecule has 4 saturated carbocycles. The minimum Gasteiger partial charge on any atom is -0.470 e. The molecule has 0 aromatic carbocycles. The molecule has 32 heavy (non-hydrogen) atoms. The molecule has 5 fully saturated rings. The SMILES string of the molecule is CC(C)CCCC(C)C1CCC2C3CC4SC(=S)OC45CC(Cl)CCC5(C)C3CCC12C. The van der Waals surface area contributed by atoms with Crippen LogP contribution in [-0.2, 0) is 4.74 Å². The molecule has 1 nitrogen and oxygen atoms in total. The van der Waals surface area contributed by atoms with Crippen LogP contribution in [0, 0.1) is 46.3 Å². The Morgan fingerprint density at radius 2 is 1.84 bits per heavy atom. The van der Waals surface area contributed by atoms with Crippen LogP contribution in [0.1, 0.15) is 105 Å². The van der Waals surface area contributed by atoms with E-state index in [1.807, 2.05) is 11.8 Å². The summed E-state index contributed by atoms with van der Waals surface area (Å²) in [4.78, 5) is 0. The van der Waals surface area contributed by atoms with Crippen molar-refractivity contribution < 1.29 is 4.74 Å². The van der Waals surface area contributed by atoms with Crippen LogP contribution in [0.3, 0.4) is 0 Å². The average Bonchev–Trinajstić information content (AvgIpc) is 3.22. The molecule has 182 valence electrons. The Labute approximate surface area is 211 Å². The van der Waals surface area contributed by atoms with E-state index < -0.39 is 0 Å². The lowest BCUT2D eigenvalue weighted by Crippen LogP contribution is -2.66. The van der Waals surface area contributed by atoms with Gasteiger partial charge in [0.15, 0.2) is 0 Å². The molecule has 5 rings (SSSR count). The van der Waals surface area contributed by atoms with E-state index in [0.29, 0.717) is 10.7 Å². The number of ether oxygens (including phenoxy) is 1. The van der Waals surface area contributed by atoms with Gasteiger partial charge in [-0.25, -0.2) is 0 Å². The van der Waals surface area contributed by atoms with Gasteiger partial charge in [0, 0.05) is 17.2 Å². The number of hydrogen-bond acceptors (Lipinski definition) is 3. The fourth-order valence-electron chi connectivity index (χ4n) is 9.86. The summed E-state index contributed by atoms with van der Waals surface area (Å²) in [6.45, 7) is 12.6. The molecule has 0 aromatic rings. The van der Waals surface area contributed by atoms with Gasteiger partial charge in [0.1, 0.15) is 5.60 Å². The quantitative estimate of drug-likeness (QED) is 0.277. The standard InChI is InChI=1S/C28H45ClOS2/c1-17(2)7-6-8-18(3)21-9-10-22-20-15-24-28(30-25(31)32-24)16-19(29)11-14-27(28,5)23(20)12-13-26(21,22)4/h17-24H,6-16H2,1-5H3. The van der Waals surface area contributed by atoms with Crippen molar-refractivity contribution in [2.45, 2.75) is 121 Å². The first-order valence-corrected chi connectivity index (χ1v) is 15.4. The molecular formula is C28H45ClOS2. The van der Waals surface area contributed by atoms with Crippen LogP contribution in [0.25, 0.3) is 0 Å². The van der Waals surface area contributed by atoms with Gasteiger partial charge < -0.3 is 4.74 Å². The lowest BCUT2D eigenvalue weighted by atomic mass is 9.43. The molecule has 0 amide bonds. The molecule has 1 spiro atoms. The molecule has 10 unspecified atom stereocenters. The molecule has 1 saturated heterocycles. The number of thiocarbonyl (C=S) groups is 1. The highest BCUT2D eigenvalue weighted by Crippen LogP contribution is 2.72. The summed E-state index contributed by atoms with van der Waals surface area (Å²) in [5.41, 5.74) is 0.682. The fraction of sp³-hybridized carbons (Fsp3) is 0.964. The second kappa shape index (κ2) is 8.58. The Bertz CT molecular complexity index is 741. The minimum atomic E-state index is -0.101. The van der Waals surface area contributed by atoms with Crippen LogP contribution in [0.2, 0.25) is 0 Å². The number of rotatable bonds is 5. The molecule has 1 aliphatic heterocycles. The van der Waals surface area contributed by atoms with Crippen LogP contribution < -0.4 is 0 Å². The second-order valence-electron chi connectivity index (χ2n) is 13.2. The smallest absolute Gasteiger partial charge is 0.221 e. The average molecular weight is 497 g/mol. The van der Waals surface area contributed by atoms with E-state index in [4.69, 9.17) is 28.6 Å². The van der Waals surface area contributed by atoms with Crippen LogP contribution in [-0.4, -0.2) is 20.6 Å². The highest BCUT2D eigenvalue weighted by Gasteiger charge is 2.71. The first-order chi connectivity index (χ1) is 15.1. The van der Waals surface area contributed by atoms with Crippen LogP contribution in [0.4, 0.5) is 0 Å². The minimum absolute atomic E-state index is 0.101. The zero-order chi connectivity index (χ0) is 22.9. The maximum absolute atomic E-state index is 6.78. The summed E-state index contributed by atoms with van der Waals surface area (Å²) in [6.07, 6.45) is 14.7.